The second-order valence-corrected chi connectivity index (χ2v) is 4.65. The van der Waals surface area contributed by atoms with E-state index in [4.69, 9.17) is 11.6 Å². The molecule has 0 aliphatic heterocycles. The average molecular weight is 242 g/mol. The molecule has 3 heteroatoms. The van der Waals surface area contributed by atoms with Gasteiger partial charge in [0.1, 0.15) is 0 Å². The van der Waals surface area contributed by atoms with E-state index in [1.807, 2.05) is 24.3 Å². The van der Waals surface area contributed by atoms with Crippen LogP contribution in [0.1, 0.15) is 25.8 Å². The van der Waals surface area contributed by atoms with Crippen molar-refractivity contribution in [1.82, 2.24) is 5.32 Å². The van der Waals surface area contributed by atoms with Crippen molar-refractivity contribution in [3.8, 4) is 0 Å². The fraction of sp³-hybridized carbons (Fsp3) is 0.538. The Labute approximate surface area is 103 Å². The van der Waals surface area contributed by atoms with Gasteiger partial charge in [0, 0.05) is 18.1 Å². The Morgan fingerprint density at radius 2 is 1.94 bits per heavy atom. The highest BCUT2D eigenvalue weighted by atomic mass is 35.5. The van der Waals surface area contributed by atoms with Crippen LogP contribution < -0.4 is 5.32 Å². The predicted octanol–water partition coefficient (Wildman–Crippen LogP) is 2.84. The van der Waals surface area contributed by atoms with Crippen LogP contribution in [0.4, 0.5) is 0 Å². The number of nitrogens with one attached hydrogen (secondary N) is 1. The molecule has 2 N–H and O–H groups in total. The molecule has 1 aromatic carbocycles. The van der Waals surface area contributed by atoms with Gasteiger partial charge in [-0.2, -0.15) is 0 Å². The monoisotopic (exact) mass is 241 g/mol. The van der Waals surface area contributed by atoms with Crippen LogP contribution in [0.15, 0.2) is 24.3 Å². The van der Waals surface area contributed by atoms with Crippen molar-refractivity contribution in [3.05, 3.63) is 34.9 Å². The van der Waals surface area contributed by atoms with Gasteiger partial charge in [0.2, 0.25) is 0 Å². The van der Waals surface area contributed by atoms with Crippen LogP contribution in [0.5, 0.6) is 0 Å². The number of halogens is 1. The summed E-state index contributed by atoms with van der Waals surface area (Å²) in [6.45, 7) is 5.56. The van der Waals surface area contributed by atoms with Crippen molar-refractivity contribution < 1.29 is 5.11 Å². The van der Waals surface area contributed by atoms with E-state index in [0.717, 1.165) is 18.0 Å². The topological polar surface area (TPSA) is 32.3 Å². The molecule has 0 amide bonds. The first-order valence-electron chi connectivity index (χ1n) is 5.76. The van der Waals surface area contributed by atoms with E-state index in [0.29, 0.717) is 12.5 Å². The Morgan fingerprint density at radius 3 is 2.50 bits per heavy atom. The van der Waals surface area contributed by atoms with Gasteiger partial charge in [0.15, 0.2) is 0 Å². The van der Waals surface area contributed by atoms with Crippen molar-refractivity contribution in [1.29, 1.82) is 0 Å². The zero-order chi connectivity index (χ0) is 12.0. The zero-order valence-corrected chi connectivity index (χ0v) is 10.7. The largest absolute Gasteiger partial charge is 0.392 e. The number of hydrogen-bond acceptors (Lipinski definition) is 2. The van der Waals surface area contributed by atoms with E-state index in [2.05, 4.69) is 19.2 Å². The summed E-state index contributed by atoms with van der Waals surface area (Å²) in [5, 5.41) is 13.8. The third-order valence-electron chi connectivity index (χ3n) is 2.90. The molecule has 0 aliphatic carbocycles. The maximum absolute atomic E-state index is 9.76. The number of hydrogen-bond donors (Lipinski definition) is 2. The first-order chi connectivity index (χ1) is 7.63. The van der Waals surface area contributed by atoms with Gasteiger partial charge in [-0.05, 0) is 23.6 Å². The Bertz CT molecular complexity index is 299. The SMILES string of the molecule is CCC(C)C(O)CNCc1ccc(Cl)cc1. The molecular formula is C13H20ClNO. The minimum Gasteiger partial charge on any atom is -0.392 e. The summed E-state index contributed by atoms with van der Waals surface area (Å²) in [5.74, 6) is 0.345. The predicted molar refractivity (Wildman–Crippen MR) is 68.6 cm³/mol. The molecule has 1 aromatic rings. The number of benzene rings is 1. The summed E-state index contributed by atoms with van der Waals surface area (Å²) in [5.41, 5.74) is 1.18. The summed E-state index contributed by atoms with van der Waals surface area (Å²) in [7, 11) is 0. The molecule has 90 valence electrons. The molecule has 0 aliphatic rings. The Morgan fingerprint density at radius 1 is 1.31 bits per heavy atom. The summed E-state index contributed by atoms with van der Waals surface area (Å²) in [4.78, 5) is 0. The highest BCUT2D eigenvalue weighted by Crippen LogP contribution is 2.10. The molecule has 1 rings (SSSR count). The third-order valence-corrected chi connectivity index (χ3v) is 3.15. The smallest absolute Gasteiger partial charge is 0.0690 e. The van der Waals surface area contributed by atoms with E-state index >= 15 is 0 Å². The lowest BCUT2D eigenvalue weighted by Gasteiger charge is -2.17. The molecule has 0 saturated heterocycles. The van der Waals surface area contributed by atoms with Gasteiger partial charge in [-0.15, -0.1) is 0 Å². The minimum atomic E-state index is -0.266. The quantitative estimate of drug-likeness (QED) is 0.803. The Kier molecular flexibility index (Phi) is 5.81. The van der Waals surface area contributed by atoms with Gasteiger partial charge in [-0.25, -0.2) is 0 Å². The summed E-state index contributed by atoms with van der Waals surface area (Å²) < 4.78 is 0. The second kappa shape index (κ2) is 6.89. The van der Waals surface area contributed by atoms with Crippen LogP contribution in [0.2, 0.25) is 5.02 Å². The Balaban J connectivity index is 2.27. The maximum atomic E-state index is 9.76. The van der Waals surface area contributed by atoms with Crippen LogP contribution in [-0.4, -0.2) is 17.8 Å². The number of aliphatic hydroxyl groups excluding tert-OH is 1. The lowest BCUT2D eigenvalue weighted by molar-refractivity contribution is 0.113. The molecule has 0 aromatic heterocycles. The van der Waals surface area contributed by atoms with Crippen molar-refractivity contribution in [2.24, 2.45) is 5.92 Å². The molecule has 2 atom stereocenters. The first kappa shape index (κ1) is 13.5. The van der Waals surface area contributed by atoms with Crippen molar-refractivity contribution in [2.45, 2.75) is 32.9 Å². The first-order valence-corrected chi connectivity index (χ1v) is 6.14. The average Bonchev–Trinajstić information content (AvgIpc) is 2.30. The molecule has 0 saturated carbocycles. The zero-order valence-electron chi connectivity index (χ0n) is 9.91. The van der Waals surface area contributed by atoms with E-state index in [1.165, 1.54) is 5.56 Å². The van der Waals surface area contributed by atoms with Gasteiger partial charge < -0.3 is 10.4 Å². The standard InChI is InChI=1S/C13H20ClNO/c1-3-10(2)13(16)9-15-8-11-4-6-12(14)7-5-11/h4-7,10,13,15-16H,3,8-9H2,1-2H3. The van der Waals surface area contributed by atoms with E-state index in [-0.39, 0.29) is 6.10 Å². The lowest BCUT2D eigenvalue weighted by Crippen LogP contribution is -2.31. The van der Waals surface area contributed by atoms with Crippen LogP contribution >= 0.6 is 11.6 Å². The van der Waals surface area contributed by atoms with Gasteiger partial charge in [0.25, 0.3) is 0 Å². The second-order valence-electron chi connectivity index (χ2n) is 4.21. The molecule has 0 radical (unpaired) electrons. The normalized spacial score (nSPS) is 14.8. The van der Waals surface area contributed by atoms with Gasteiger partial charge in [0.05, 0.1) is 6.10 Å². The molecule has 0 heterocycles. The van der Waals surface area contributed by atoms with Gasteiger partial charge in [-0.3, -0.25) is 0 Å². The van der Waals surface area contributed by atoms with Crippen molar-refractivity contribution in [3.63, 3.8) is 0 Å². The fourth-order valence-electron chi connectivity index (χ4n) is 1.44. The van der Waals surface area contributed by atoms with E-state index in [9.17, 15) is 5.11 Å². The number of rotatable bonds is 6. The number of aliphatic hydroxyl groups is 1. The highest BCUT2D eigenvalue weighted by Gasteiger charge is 2.10. The van der Waals surface area contributed by atoms with Crippen LogP contribution in [0.25, 0.3) is 0 Å². The van der Waals surface area contributed by atoms with Crippen molar-refractivity contribution in [2.75, 3.05) is 6.54 Å². The molecule has 0 fully saturated rings. The van der Waals surface area contributed by atoms with Crippen LogP contribution in [-0.2, 0) is 6.54 Å². The fourth-order valence-corrected chi connectivity index (χ4v) is 1.57. The lowest BCUT2D eigenvalue weighted by atomic mass is 10.0. The van der Waals surface area contributed by atoms with Crippen LogP contribution in [0.3, 0.4) is 0 Å². The van der Waals surface area contributed by atoms with Gasteiger partial charge >= 0.3 is 0 Å². The van der Waals surface area contributed by atoms with Crippen LogP contribution in [0, 0.1) is 5.92 Å². The van der Waals surface area contributed by atoms with E-state index < -0.39 is 0 Å². The molecule has 0 bridgehead atoms. The van der Waals surface area contributed by atoms with E-state index in [1.54, 1.807) is 0 Å². The van der Waals surface area contributed by atoms with Gasteiger partial charge in [-0.1, -0.05) is 44.0 Å². The summed E-state index contributed by atoms with van der Waals surface area (Å²) >= 11 is 5.80. The maximum Gasteiger partial charge on any atom is 0.0690 e. The molecule has 2 unspecified atom stereocenters. The molecule has 2 nitrogen and oxygen atoms in total. The minimum absolute atomic E-state index is 0.266. The molecule has 0 spiro atoms. The van der Waals surface area contributed by atoms with Crippen molar-refractivity contribution >= 4 is 11.6 Å². The third kappa shape index (κ3) is 4.52. The Hall–Kier alpha value is -0.570. The molecular weight excluding hydrogens is 222 g/mol. The highest BCUT2D eigenvalue weighted by molar-refractivity contribution is 6.30. The summed E-state index contributed by atoms with van der Waals surface area (Å²) in [6.07, 6.45) is 0.737. The summed E-state index contributed by atoms with van der Waals surface area (Å²) in [6, 6.07) is 7.74. The molecule has 16 heavy (non-hydrogen) atoms.